The van der Waals surface area contributed by atoms with Crippen molar-refractivity contribution in [2.75, 3.05) is 39.8 Å². The number of ether oxygens (including phenoxy) is 3. The number of nitrogens with zero attached hydrogens (tertiary/aromatic N) is 2. The smallest absolute Gasteiger partial charge is 0.410 e. The largest absolute Gasteiger partial charge is 0.497 e. The summed E-state index contributed by atoms with van der Waals surface area (Å²) in [7, 11) is 1.61. The molecule has 0 saturated carbocycles. The summed E-state index contributed by atoms with van der Waals surface area (Å²) < 4.78 is 21.7. The molecule has 0 spiro atoms. The molecule has 0 N–H and O–H groups in total. The van der Waals surface area contributed by atoms with Gasteiger partial charge in [0.2, 0.25) is 11.2 Å². The van der Waals surface area contributed by atoms with Crippen LogP contribution in [-0.4, -0.2) is 61.3 Å². The number of benzene rings is 1. The standard InChI is InChI=1S/C25H32N2O6/c1-25(2,3)33-24(29)27-14-12-26(13-15-27)11-5-6-21-16-22(28)23(18-31-21)32-17-19-7-9-20(30-4)10-8-19/h5-10,16,18H,11-15,17H2,1-4H3/b6-5+. The van der Waals surface area contributed by atoms with Crippen LogP contribution < -0.4 is 14.9 Å². The molecule has 0 radical (unpaired) electrons. The first-order chi connectivity index (χ1) is 15.7. The Morgan fingerprint density at radius 3 is 2.42 bits per heavy atom. The third-order valence-electron chi connectivity index (χ3n) is 5.04. The van der Waals surface area contributed by atoms with Crippen LogP contribution in [-0.2, 0) is 11.3 Å². The van der Waals surface area contributed by atoms with Crippen molar-refractivity contribution in [2.45, 2.75) is 33.0 Å². The zero-order valence-electron chi connectivity index (χ0n) is 19.7. The number of methoxy groups -OCH3 is 1. The molecule has 1 aliphatic heterocycles. The lowest BCUT2D eigenvalue weighted by Gasteiger charge is -2.35. The van der Waals surface area contributed by atoms with Crippen molar-refractivity contribution in [3.05, 3.63) is 64.2 Å². The lowest BCUT2D eigenvalue weighted by Crippen LogP contribution is -2.49. The molecule has 2 heterocycles. The Bertz CT molecular complexity index is 999. The SMILES string of the molecule is COc1ccc(COc2coc(/C=C/CN3CCN(C(=O)OC(C)(C)C)CC3)cc2=O)cc1. The van der Waals surface area contributed by atoms with Crippen LogP contribution >= 0.6 is 0 Å². The molecule has 33 heavy (non-hydrogen) atoms. The van der Waals surface area contributed by atoms with E-state index in [1.54, 1.807) is 18.1 Å². The second kappa shape index (κ2) is 11.0. The molecule has 1 aromatic heterocycles. The zero-order chi connectivity index (χ0) is 23.8. The van der Waals surface area contributed by atoms with E-state index in [-0.39, 0.29) is 23.9 Å². The van der Waals surface area contributed by atoms with Gasteiger partial charge in [-0.1, -0.05) is 18.2 Å². The van der Waals surface area contributed by atoms with Crippen molar-refractivity contribution < 1.29 is 23.4 Å². The third-order valence-corrected chi connectivity index (χ3v) is 5.04. The topological polar surface area (TPSA) is 81.5 Å². The Balaban J connectivity index is 1.44. The average Bonchev–Trinajstić information content (AvgIpc) is 2.78. The number of rotatable bonds is 7. The maximum Gasteiger partial charge on any atom is 0.410 e. The maximum atomic E-state index is 12.3. The van der Waals surface area contributed by atoms with Crippen LogP contribution in [0.4, 0.5) is 4.79 Å². The van der Waals surface area contributed by atoms with Gasteiger partial charge in [-0.25, -0.2) is 4.79 Å². The Hall–Kier alpha value is -3.26. The highest BCUT2D eigenvalue weighted by Crippen LogP contribution is 2.15. The molecule has 0 atom stereocenters. The van der Waals surface area contributed by atoms with Gasteiger partial charge in [-0.3, -0.25) is 9.69 Å². The number of carbonyl (C=O) groups is 1. The normalized spacial score (nSPS) is 15.0. The Morgan fingerprint density at radius 1 is 1.12 bits per heavy atom. The lowest BCUT2D eigenvalue weighted by molar-refractivity contribution is 0.0154. The van der Waals surface area contributed by atoms with Crippen molar-refractivity contribution in [3.8, 4) is 11.5 Å². The molecule has 1 aliphatic rings. The van der Waals surface area contributed by atoms with Crippen LogP contribution in [0.2, 0.25) is 0 Å². The quantitative estimate of drug-likeness (QED) is 0.627. The summed E-state index contributed by atoms with van der Waals surface area (Å²) in [5.41, 5.74) is 0.197. The van der Waals surface area contributed by atoms with E-state index in [0.717, 1.165) is 24.4 Å². The molecule has 178 valence electrons. The fourth-order valence-corrected chi connectivity index (χ4v) is 3.25. The molecule has 3 rings (SSSR count). The average molecular weight is 457 g/mol. The Kier molecular flexibility index (Phi) is 8.16. The van der Waals surface area contributed by atoms with Gasteiger partial charge in [0, 0.05) is 38.8 Å². The number of carbonyl (C=O) groups excluding carboxylic acids is 1. The van der Waals surface area contributed by atoms with Crippen molar-refractivity contribution in [2.24, 2.45) is 0 Å². The molecule has 0 aliphatic carbocycles. The second-order valence-corrected chi connectivity index (χ2v) is 8.82. The van der Waals surface area contributed by atoms with Crippen LogP contribution in [0.25, 0.3) is 6.08 Å². The summed E-state index contributed by atoms with van der Waals surface area (Å²) in [5, 5.41) is 0. The van der Waals surface area contributed by atoms with E-state index < -0.39 is 5.60 Å². The first-order valence-corrected chi connectivity index (χ1v) is 11.0. The summed E-state index contributed by atoms with van der Waals surface area (Å²) in [6.07, 6.45) is 4.79. The van der Waals surface area contributed by atoms with Gasteiger partial charge in [0.05, 0.1) is 7.11 Å². The molecule has 1 aromatic carbocycles. The Morgan fingerprint density at radius 2 is 1.82 bits per heavy atom. The van der Waals surface area contributed by atoms with Crippen molar-refractivity contribution in [1.82, 2.24) is 9.80 Å². The molecule has 1 fully saturated rings. The second-order valence-electron chi connectivity index (χ2n) is 8.82. The van der Waals surface area contributed by atoms with E-state index in [0.29, 0.717) is 25.4 Å². The van der Waals surface area contributed by atoms with E-state index >= 15 is 0 Å². The maximum absolute atomic E-state index is 12.3. The summed E-state index contributed by atoms with van der Waals surface area (Å²) in [4.78, 5) is 28.4. The van der Waals surface area contributed by atoms with Crippen molar-refractivity contribution in [1.29, 1.82) is 0 Å². The summed E-state index contributed by atoms with van der Waals surface area (Å²) in [6, 6.07) is 8.86. The highest BCUT2D eigenvalue weighted by molar-refractivity contribution is 5.68. The van der Waals surface area contributed by atoms with Gasteiger partial charge in [0.1, 0.15) is 30.0 Å². The molecule has 0 bridgehead atoms. The van der Waals surface area contributed by atoms with Crippen LogP contribution in [0, 0.1) is 0 Å². The first-order valence-electron chi connectivity index (χ1n) is 11.0. The Labute approximate surface area is 194 Å². The van der Waals surface area contributed by atoms with Gasteiger partial charge in [0.15, 0.2) is 0 Å². The molecular formula is C25H32N2O6. The number of piperazine rings is 1. The van der Waals surface area contributed by atoms with E-state index in [4.69, 9.17) is 18.6 Å². The minimum atomic E-state index is -0.489. The fourth-order valence-electron chi connectivity index (χ4n) is 3.25. The van der Waals surface area contributed by atoms with Gasteiger partial charge in [-0.2, -0.15) is 0 Å². The van der Waals surface area contributed by atoms with Crippen molar-refractivity contribution in [3.63, 3.8) is 0 Å². The number of amides is 1. The predicted octanol–water partition coefficient (Wildman–Crippen LogP) is 3.79. The fraction of sp³-hybridized carbons (Fsp3) is 0.440. The minimum absolute atomic E-state index is 0.168. The highest BCUT2D eigenvalue weighted by Gasteiger charge is 2.25. The minimum Gasteiger partial charge on any atom is -0.497 e. The molecule has 1 saturated heterocycles. The molecule has 8 heteroatoms. The van der Waals surface area contributed by atoms with E-state index in [9.17, 15) is 9.59 Å². The zero-order valence-corrected chi connectivity index (χ0v) is 19.7. The number of hydrogen-bond acceptors (Lipinski definition) is 7. The first kappa shape index (κ1) is 24.4. The number of hydrogen-bond donors (Lipinski definition) is 0. The monoisotopic (exact) mass is 456 g/mol. The summed E-state index contributed by atoms with van der Waals surface area (Å²) >= 11 is 0. The lowest BCUT2D eigenvalue weighted by atomic mass is 10.2. The highest BCUT2D eigenvalue weighted by atomic mass is 16.6. The van der Waals surface area contributed by atoms with Gasteiger partial charge in [-0.05, 0) is 44.5 Å². The summed E-state index contributed by atoms with van der Waals surface area (Å²) in [6.45, 7) is 9.31. The summed E-state index contributed by atoms with van der Waals surface area (Å²) in [5.74, 6) is 1.39. The van der Waals surface area contributed by atoms with E-state index in [1.165, 1.54) is 12.3 Å². The van der Waals surface area contributed by atoms with E-state index in [1.807, 2.05) is 51.1 Å². The van der Waals surface area contributed by atoms with Crippen LogP contribution in [0.1, 0.15) is 32.1 Å². The van der Waals surface area contributed by atoms with Crippen LogP contribution in [0.15, 0.2) is 51.9 Å². The van der Waals surface area contributed by atoms with Crippen molar-refractivity contribution >= 4 is 12.2 Å². The predicted molar refractivity (Wildman–Crippen MR) is 126 cm³/mol. The third kappa shape index (κ3) is 7.68. The molecular weight excluding hydrogens is 424 g/mol. The van der Waals surface area contributed by atoms with Crippen LogP contribution in [0.3, 0.4) is 0 Å². The van der Waals surface area contributed by atoms with Gasteiger partial charge >= 0.3 is 6.09 Å². The molecule has 1 amide bonds. The molecule has 0 unspecified atom stereocenters. The van der Waals surface area contributed by atoms with Crippen LogP contribution in [0.5, 0.6) is 11.5 Å². The van der Waals surface area contributed by atoms with Gasteiger partial charge in [0.25, 0.3) is 0 Å². The molecule has 2 aromatic rings. The van der Waals surface area contributed by atoms with Gasteiger partial charge < -0.3 is 23.5 Å². The molecule has 8 nitrogen and oxygen atoms in total. The van der Waals surface area contributed by atoms with E-state index in [2.05, 4.69) is 4.90 Å². The van der Waals surface area contributed by atoms with Gasteiger partial charge in [-0.15, -0.1) is 0 Å².